The van der Waals surface area contributed by atoms with E-state index in [1.54, 1.807) is 0 Å². The molecule has 12 heteroatoms. The summed E-state index contributed by atoms with van der Waals surface area (Å²) in [5.74, 6) is -0.186. The molecule has 0 amide bonds. The summed E-state index contributed by atoms with van der Waals surface area (Å²) >= 11 is 4.98. The van der Waals surface area contributed by atoms with Crippen LogP contribution in [-0.2, 0) is 10.5 Å². The summed E-state index contributed by atoms with van der Waals surface area (Å²) in [5, 5.41) is 29.7. The molecular weight excluding hydrogens is 328 g/mol. The summed E-state index contributed by atoms with van der Waals surface area (Å²) < 4.78 is 6.65. The fourth-order valence-electron chi connectivity index (χ4n) is 2.64. The number of anilines is 1. The first kappa shape index (κ1) is 15.8. The summed E-state index contributed by atoms with van der Waals surface area (Å²) in [4.78, 5) is 21.6. The molecule has 1 aliphatic heterocycles. The van der Waals surface area contributed by atoms with E-state index in [0.717, 1.165) is 10.9 Å². The van der Waals surface area contributed by atoms with Gasteiger partial charge in [0.05, 0.1) is 6.61 Å². The maximum atomic E-state index is 11.9. The van der Waals surface area contributed by atoms with Crippen molar-refractivity contribution in [2.24, 2.45) is 5.73 Å². The zero-order valence-corrected chi connectivity index (χ0v) is 12.4. The number of hydrogen-bond donors (Lipinski definition) is 6. The highest BCUT2D eigenvalue weighted by molar-refractivity contribution is 7.80. The van der Waals surface area contributed by atoms with Crippen molar-refractivity contribution in [3.63, 3.8) is 0 Å². The van der Waals surface area contributed by atoms with Crippen molar-refractivity contribution in [2.75, 3.05) is 12.3 Å². The topological polar surface area (TPSA) is 186 Å². The summed E-state index contributed by atoms with van der Waals surface area (Å²) in [5.41, 5.74) is 8.60. The van der Waals surface area contributed by atoms with Gasteiger partial charge in [-0.15, -0.1) is 0 Å². The smallest absolute Gasteiger partial charge is 0.280 e. The number of H-pyrrole nitrogens is 1. The van der Waals surface area contributed by atoms with Gasteiger partial charge in [-0.1, -0.05) is 12.2 Å². The van der Waals surface area contributed by atoms with E-state index >= 15 is 0 Å². The van der Waals surface area contributed by atoms with Gasteiger partial charge < -0.3 is 31.5 Å². The molecule has 2 aromatic heterocycles. The van der Waals surface area contributed by atoms with E-state index < -0.39 is 36.2 Å². The van der Waals surface area contributed by atoms with Crippen LogP contribution in [0.15, 0.2) is 11.1 Å². The highest BCUT2D eigenvalue weighted by Gasteiger charge is 2.58. The molecule has 23 heavy (non-hydrogen) atoms. The molecule has 1 aliphatic rings. The summed E-state index contributed by atoms with van der Waals surface area (Å²) in [6.07, 6.45) is -3.07. The third kappa shape index (κ3) is 2.04. The second kappa shape index (κ2) is 5.21. The molecular formula is C11H14N6O5S. The first-order valence-corrected chi connectivity index (χ1v) is 6.91. The lowest BCUT2D eigenvalue weighted by molar-refractivity contribution is -0.0940. The molecule has 3 heterocycles. The fraction of sp³-hybridized carbons (Fsp3) is 0.455. The highest BCUT2D eigenvalue weighted by atomic mass is 32.1. The number of aliphatic hydroxyl groups is 3. The SMILES string of the molecule is NC(=S)[C@@]1(n2cnc3c(=O)[nH]c(N)nc32)O[C@H](CO)[C@@H](O)[C@H]1O. The molecule has 0 saturated carbocycles. The molecule has 0 aromatic carbocycles. The van der Waals surface area contributed by atoms with E-state index in [9.17, 15) is 20.1 Å². The molecule has 0 bridgehead atoms. The van der Waals surface area contributed by atoms with E-state index in [0.29, 0.717) is 0 Å². The van der Waals surface area contributed by atoms with Gasteiger partial charge in [0.1, 0.15) is 29.6 Å². The van der Waals surface area contributed by atoms with Crippen LogP contribution in [0.1, 0.15) is 0 Å². The van der Waals surface area contributed by atoms with Gasteiger partial charge in [0.15, 0.2) is 11.2 Å². The number of aromatic amines is 1. The van der Waals surface area contributed by atoms with E-state index in [1.807, 2.05) is 0 Å². The van der Waals surface area contributed by atoms with Crippen LogP contribution in [0.3, 0.4) is 0 Å². The quantitative estimate of drug-likeness (QED) is 0.309. The van der Waals surface area contributed by atoms with Gasteiger partial charge in [-0.05, 0) is 0 Å². The Morgan fingerprint density at radius 2 is 2.26 bits per heavy atom. The van der Waals surface area contributed by atoms with Crippen LogP contribution in [0.25, 0.3) is 11.2 Å². The second-order valence-corrected chi connectivity index (χ2v) is 5.51. The first-order valence-electron chi connectivity index (χ1n) is 6.51. The lowest BCUT2D eigenvalue weighted by Gasteiger charge is -2.32. The predicted molar refractivity (Wildman–Crippen MR) is 81.3 cm³/mol. The number of nitrogen functional groups attached to an aromatic ring is 1. The number of imidazole rings is 1. The van der Waals surface area contributed by atoms with E-state index in [-0.39, 0.29) is 22.1 Å². The maximum Gasteiger partial charge on any atom is 0.280 e. The predicted octanol–water partition coefficient (Wildman–Crippen LogP) is -3.25. The van der Waals surface area contributed by atoms with Crippen molar-refractivity contribution < 1.29 is 20.1 Å². The molecule has 1 saturated heterocycles. The Balaban J connectivity index is 2.29. The van der Waals surface area contributed by atoms with Crippen LogP contribution in [0.4, 0.5) is 5.95 Å². The molecule has 1 fully saturated rings. The lowest BCUT2D eigenvalue weighted by atomic mass is 10.0. The second-order valence-electron chi connectivity index (χ2n) is 5.07. The Kier molecular flexibility index (Phi) is 3.57. The molecule has 3 rings (SSSR count). The number of ether oxygens (including phenoxy) is 1. The molecule has 8 N–H and O–H groups in total. The third-order valence-electron chi connectivity index (χ3n) is 3.75. The summed E-state index contributed by atoms with van der Waals surface area (Å²) in [6.45, 7) is -0.578. The number of nitrogens with zero attached hydrogens (tertiary/aromatic N) is 3. The minimum absolute atomic E-state index is 0.0381. The van der Waals surface area contributed by atoms with Gasteiger partial charge in [0.25, 0.3) is 5.56 Å². The van der Waals surface area contributed by atoms with Gasteiger partial charge in [-0.25, -0.2) is 4.98 Å². The van der Waals surface area contributed by atoms with Crippen molar-refractivity contribution in [3.05, 3.63) is 16.7 Å². The lowest BCUT2D eigenvalue weighted by Crippen LogP contribution is -2.54. The third-order valence-corrected chi connectivity index (χ3v) is 4.05. The van der Waals surface area contributed by atoms with Gasteiger partial charge in [0, 0.05) is 0 Å². The van der Waals surface area contributed by atoms with Crippen LogP contribution in [-0.4, -0.2) is 64.7 Å². The molecule has 2 aromatic rings. The van der Waals surface area contributed by atoms with Crippen LogP contribution < -0.4 is 17.0 Å². The van der Waals surface area contributed by atoms with Crippen LogP contribution in [0.5, 0.6) is 0 Å². The Bertz CT molecular complexity index is 836. The van der Waals surface area contributed by atoms with Gasteiger partial charge in [-0.2, -0.15) is 4.98 Å². The molecule has 0 spiro atoms. The van der Waals surface area contributed by atoms with Crippen molar-refractivity contribution in [1.82, 2.24) is 19.5 Å². The number of aliphatic hydroxyl groups excluding tert-OH is 3. The average Bonchev–Trinajstić information content (AvgIpc) is 3.01. The zero-order chi connectivity index (χ0) is 16.9. The Hall–Kier alpha value is -2.12. The van der Waals surface area contributed by atoms with Gasteiger partial charge in [0.2, 0.25) is 11.7 Å². The monoisotopic (exact) mass is 342 g/mol. The normalized spacial score (nSPS) is 30.8. The molecule has 0 unspecified atom stereocenters. The average molecular weight is 342 g/mol. The van der Waals surface area contributed by atoms with E-state index in [4.69, 9.17) is 28.4 Å². The number of rotatable bonds is 3. The minimum atomic E-state index is -1.93. The van der Waals surface area contributed by atoms with Crippen LogP contribution in [0, 0.1) is 0 Å². The number of aromatic nitrogens is 4. The minimum Gasteiger partial charge on any atom is -0.394 e. The highest BCUT2D eigenvalue weighted by Crippen LogP contribution is 2.37. The largest absolute Gasteiger partial charge is 0.394 e. The van der Waals surface area contributed by atoms with E-state index in [1.165, 1.54) is 0 Å². The zero-order valence-electron chi connectivity index (χ0n) is 11.6. The number of hydrogen-bond acceptors (Lipinski definition) is 9. The summed E-state index contributed by atoms with van der Waals surface area (Å²) in [6, 6.07) is 0. The van der Waals surface area contributed by atoms with Crippen LogP contribution >= 0.6 is 12.2 Å². The molecule has 0 radical (unpaired) electrons. The summed E-state index contributed by atoms with van der Waals surface area (Å²) in [7, 11) is 0. The Morgan fingerprint density at radius 3 is 2.83 bits per heavy atom. The van der Waals surface area contributed by atoms with Crippen molar-refractivity contribution >= 4 is 34.3 Å². The Labute approximate surface area is 133 Å². The van der Waals surface area contributed by atoms with Crippen LogP contribution in [0.2, 0.25) is 0 Å². The molecule has 0 aliphatic carbocycles. The number of nitrogens with two attached hydrogens (primary N) is 2. The Morgan fingerprint density at radius 1 is 1.57 bits per heavy atom. The molecule has 4 atom stereocenters. The molecule has 11 nitrogen and oxygen atoms in total. The van der Waals surface area contributed by atoms with Gasteiger partial charge >= 0.3 is 0 Å². The molecule has 124 valence electrons. The standard InChI is InChI=1S/C11H14N6O5S/c12-9(23)11(6(20)5(19)3(1-18)22-11)17-2-14-4-7(17)15-10(13)16-8(4)21/h2-3,5-6,18-20H,1H2,(H2,12,23)(H3,13,15,16,21)/t3-,5-,6-,11+/m1/s1. The van der Waals surface area contributed by atoms with E-state index in [2.05, 4.69) is 15.0 Å². The van der Waals surface area contributed by atoms with Crippen molar-refractivity contribution in [2.45, 2.75) is 24.0 Å². The fourth-order valence-corrected chi connectivity index (χ4v) is 2.91. The first-order chi connectivity index (χ1) is 10.8. The maximum absolute atomic E-state index is 11.9. The van der Waals surface area contributed by atoms with Crippen molar-refractivity contribution in [3.8, 4) is 0 Å². The number of thiocarbonyl (C=S) groups is 1. The van der Waals surface area contributed by atoms with Crippen molar-refractivity contribution in [1.29, 1.82) is 0 Å². The number of nitrogens with one attached hydrogen (secondary N) is 1. The van der Waals surface area contributed by atoms with Gasteiger partial charge in [-0.3, -0.25) is 14.3 Å². The number of fused-ring (bicyclic) bond motifs is 1.